The highest BCUT2D eigenvalue weighted by molar-refractivity contribution is 5.70. The minimum Gasteiger partial charge on any atom is -0.460 e. The molecule has 0 aromatic rings. The van der Waals surface area contributed by atoms with Gasteiger partial charge in [0.1, 0.15) is 5.60 Å². The summed E-state index contributed by atoms with van der Waals surface area (Å²) in [4.78, 5) is 13.9. The number of ether oxygens (including phenoxy) is 2. The largest absolute Gasteiger partial charge is 0.460 e. The Bertz CT molecular complexity index is 248. The normalized spacial score (nSPS) is 22.5. The molecule has 100 valence electrons. The van der Waals surface area contributed by atoms with Gasteiger partial charge in [0.15, 0.2) is 0 Å². The van der Waals surface area contributed by atoms with Gasteiger partial charge in [0.05, 0.1) is 19.6 Å². The van der Waals surface area contributed by atoms with Crippen molar-refractivity contribution < 1.29 is 14.3 Å². The lowest BCUT2D eigenvalue weighted by Crippen LogP contribution is -2.46. The third-order valence-corrected chi connectivity index (χ3v) is 2.84. The molecule has 1 unspecified atom stereocenters. The van der Waals surface area contributed by atoms with Gasteiger partial charge in [-0.25, -0.2) is 0 Å². The number of nitrogens with zero attached hydrogens (tertiary/aromatic N) is 1. The molecule has 1 saturated heterocycles. The highest BCUT2D eigenvalue weighted by Crippen LogP contribution is 2.12. The van der Waals surface area contributed by atoms with Gasteiger partial charge in [0, 0.05) is 19.1 Å². The van der Waals surface area contributed by atoms with Crippen LogP contribution in [-0.4, -0.2) is 48.8 Å². The summed E-state index contributed by atoms with van der Waals surface area (Å²) in [5.41, 5.74) is -0.383. The Labute approximate surface area is 104 Å². The van der Waals surface area contributed by atoms with Gasteiger partial charge in [-0.05, 0) is 27.2 Å². The highest BCUT2D eigenvalue weighted by atomic mass is 16.6. The molecule has 0 bridgehead atoms. The molecule has 1 aliphatic rings. The average molecular weight is 243 g/mol. The lowest BCUT2D eigenvalue weighted by molar-refractivity contribution is -0.155. The predicted molar refractivity (Wildman–Crippen MR) is 66.9 cm³/mol. The fourth-order valence-corrected chi connectivity index (χ4v) is 1.99. The zero-order chi connectivity index (χ0) is 12.9. The Kier molecular flexibility index (Phi) is 5.40. The number of rotatable bonds is 4. The maximum absolute atomic E-state index is 11.6. The van der Waals surface area contributed by atoms with Crippen molar-refractivity contribution >= 4 is 5.97 Å². The fourth-order valence-electron chi connectivity index (χ4n) is 1.99. The summed E-state index contributed by atoms with van der Waals surface area (Å²) in [7, 11) is 0. The molecule has 17 heavy (non-hydrogen) atoms. The lowest BCUT2D eigenvalue weighted by Gasteiger charge is -2.34. The van der Waals surface area contributed by atoms with Gasteiger partial charge in [-0.1, -0.05) is 6.92 Å². The molecular weight excluding hydrogens is 218 g/mol. The number of hydrogen-bond acceptors (Lipinski definition) is 4. The Morgan fingerprint density at radius 1 is 1.47 bits per heavy atom. The van der Waals surface area contributed by atoms with E-state index in [2.05, 4.69) is 11.8 Å². The van der Waals surface area contributed by atoms with E-state index in [9.17, 15) is 4.79 Å². The molecular formula is C13H25NO3. The van der Waals surface area contributed by atoms with Crippen molar-refractivity contribution in [1.29, 1.82) is 0 Å². The number of carbonyl (C=O) groups is 1. The van der Waals surface area contributed by atoms with Crippen LogP contribution >= 0.6 is 0 Å². The second kappa shape index (κ2) is 6.36. The van der Waals surface area contributed by atoms with Crippen molar-refractivity contribution in [2.75, 3.05) is 26.3 Å². The first-order valence-electron chi connectivity index (χ1n) is 6.46. The number of carbonyl (C=O) groups excluding carboxylic acids is 1. The summed E-state index contributed by atoms with van der Waals surface area (Å²) >= 11 is 0. The topological polar surface area (TPSA) is 38.8 Å². The van der Waals surface area contributed by atoms with Crippen molar-refractivity contribution in [2.45, 2.75) is 52.2 Å². The third kappa shape index (κ3) is 5.50. The van der Waals surface area contributed by atoms with Crippen LogP contribution < -0.4 is 0 Å². The molecule has 0 spiro atoms. The van der Waals surface area contributed by atoms with E-state index < -0.39 is 0 Å². The van der Waals surface area contributed by atoms with Crippen molar-refractivity contribution in [3.8, 4) is 0 Å². The van der Waals surface area contributed by atoms with Crippen LogP contribution in [0.25, 0.3) is 0 Å². The van der Waals surface area contributed by atoms with Crippen molar-refractivity contribution in [3.63, 3.8) is 0 Å². The van der Waals surface area contributed by atoms with Crippen LogP contribution in [0.3, 0.4) is 0 Å². The summed E-state index contributed by atoms with van der Waals surface area (Å²) in [6.45, 7) is 11.1. The molecule has 0 aromatic heterocycles. The van der Waals surface area contributed by atoms with Gasteiger partial charge in [-0.3, -0.25) is 9.69 Å². The van der Waals surface area contributed by atoms with Gasteiger partial charge in [-0.2, -0.15) is 0 Å². The lowest BCUT2D eigenvalue weighted by atomic mass is 10.1. The van der Waals surface area contributed by atoms with Gasteiger partial charge in [0.25, 0.3) is 0 Å². The molecule has 4 heteroatoms. The first kappa shape index (κ1) is 14.5. The van der Waals surface area contributed by atoms with Crippen LogP contribution in [0, 0.1) is 0 Å². The van der Waals surface area contributed by atoms with Crippen LogP contribution in [-0.2, 0) is 14.3 Å². The predicted octanol–water partition coefficient (Wildman–Crippen LogP) is 1.83. The Balaban J connectivity index is 2.31. The van der Waals surface area contributed by atoms with Crippen LogP contribution in [0.2, 0.25) is 0 Å². The van der Waals surface area contributed by atoms with Crippen molar-refractivity contribution in [1.82, 2.24) is 4.90 Å². The van der Waals surface area contributed by atoms with Gasteiger partial charge in [0.2, 0.25) is 0 Å². The third-order valence-electron chi connectivity index (χ3n) is 2.84. The molecule has 1 atom stereocenters. The van der Waals surface area contributed by atoms with E-state index in [0.29, 0.717) is 12.5 Å². The minimum absolute atomic E-state index is 0.112. The summed E-state index contributed by atoms with van der Waals surface area (Å²) in [5.74, 6) is -0.112. The quantitative estimate of drug-likeness (QED) is 0.706. The Morgan fingerprint density at radius 3 is 2.76 bits per heavy atom. The van der Waals surface area contributed by atoms with E-state index in [1.54, 1.807) is 0 Å². The molecule has 1 heterocycles. The number of hydrogen-bond donors (Lipinski definition) is 0. The van der Waals surface area contributed by atoms with Crippen LogP contribution in [0.4, 0.5) is 0 Å². The fraction of sp³-hybridized carbons (Fsp3) is 0.923. The summed E-state index contributed by atoms with van der Waals surface area (Å²) < 4.78 is 10.7. The Hall–Kier alpha value is -0.610. The smallest absolute Gasteiger partial charge is 0.307 e. The number of morpholine rings is 1. The monoisotopic (exact) mass is 243 g/mol. The molecule has 0 radical (unpaired) electrons. The first-order valence-corrected chi connectivity index (χ1v) is 6.46. The first-order chi connectivity index (χ1) is 7.92. The second-order valence-electron chi connectivity index (χ2n) is 5.51. The molecule has 0 aliphatic carbocycles. The van der Waals surface area contributed by atoms with E-state index >= 15 is 0 Å². The average Bonchev–Trinajstić information content (AvgIpc) is 2.24. The van der Waals surface area contributed by atoms with E-state index in [-0.39, 0.29) is 11.6 Å². The standard InChI is InChI=1S/C13H25NO3/c1-5-11-10-16-9-8-14(11)7-6-12(15)17-13(2,3)4/h11H,5-10H2,1-4H3. The minimum atomic E-state index is -0.383. The van der Waals surface area contributed by atoms with Crippen molar-refractivity contribution in [2.24, 2.45) is 0 Å². The van der Waals surface area contributed by atoms with E-state index in [4.69, 9.17) is 9.47 Å². The van der Waals surface area contributed by atoms with Gasteiger partial charge < -0.3 is 9.47 Å². The SMILES string of the molecule is CCC1COCCN1CCC(=O)OC(C)(C)C. The van der Waals surface area contributed by atoms with Crippen molar-refractivity contribution in [3.05, 3.63) is 0 Å². The summed E-state index contributed by atoms with van der Waals surface area (Å²) in [5, 5.41) is 0. The van der Waals surface area contributed by atoms with Gasteiger partial charge >= 0.3 is 5.97 Å². The maximum Gasteiger partial charge on any atom is 0.307 e. The summed E-state index contributed by atoms with van der Waals surface area (Å²) in [6, 6.07) is 0.450. The summed E-state index contributed by atoms with van der Waals surface area (Å²) in [6.07, 6.45) is 1.53. The molecule has 0 amide bonds. The maximum atomic E-state index is 11.6. The molecule has 0 N–H and O–H groups in total. The number of esters is 1. The molecule has 1 aliphatic heterocycles. The highest BCUT2D eigenvalue weighted by Gasteiger charge is 2.23. The molecule has 1 fully saturated rings. The van der Waals surface area contributed by atoms with E-state index in [0.717, 1.165) is 32.7 Å². The zero-order valence-electron chi connectivity index (χ0n) is 11.5. The van der Waals surface area contributed by atoms with Gasteiger partial charge in [-0.15, -0.1) is 0 Å². The van der Waals surface area contributed by atoms with Crippen LogP contribution in [0.5, 0.6) is 0 Å². The molecule has 0 saturated carbocycles. The molecule has 4 nitrogen and oxygen atoms in total. The molecule has 0 aromatic carbocycles. The Morgan fingerprint density at radius 2 is 2.18 bits per heavy atom. The second-order valence-corrected chi connectivity index (χ2v) is 5.51. The van der Waals surface area contributed by atoms with E-state index in [1.807, 2.05) is 20.8 Å². The zero-order valence-corrected chi connectivity index (χ0v) is 11.5. The van der Waals surface area contributed by atoms with Crippen LogP contribution in [0.1, 0.15) is 40.5 Å². The van der Waals surface area contributed by atoms with E-state index in [1.165, 1.54) is 0 Å². The van der Waals surface area contributed by atoms with Crippen LogP contribution in [0.15, 0.2) is 0 Å². The molecule has 1 rings (SSSR count).